The van der Waals surface area contributed by atoms with Crippen molar-refractivity contribution in [2.45, 2.75) is 51.9 Å². The zero-order chi connectivity index (χ0) is 18.4. The van der Waals surface area contributed by atoms with Crippen molar-refractivity contribution in [3.63, 3.8) is 0 Å². The summed E-state index contributed by atoms with van der Waals surface area (Å²) in [6, 6.07) is 5.01. The second-order valence-corrected chi connectivity index (χ2v) is 7.16. The molecule has 0 spiro atoms. The summed E-state index contributed by atoms with van der Waals surface area (Å²) in [5, 5.41) is 0. The van der Waals surface area contributed by atoms with E-state index < -0.39 is 0 Å². The van der Waals surface area contributed by atoms with Gasteiger partial charge in [-0.3, -0.25) is 20.4 Å². The number of rotatable bonds is 5. The molecule has 0 unspecified atom stereocenters. The first kappa shape index (κ1) is 18.5. The quantitative estimate of drug-likeness (QED) is 0.791. The fourth-order valence-corrected chi connectivity index (χ4v) is 3.68. The van der Waals surface area contributed by atoms with Gasteiger partial charge in [-0.2, -0.15) is 0 Å². The zero-order valence-electron chi connectivity index (χ0n) is 15.4. The second kappa shape index (κ2) is 8.92. The van der Waals surface area contributed by atoms with E-state index in [1.165, 1.54) is 19.3 Å². The number of hydrogen-bond acceptors (Lipinski definition) is 4. The third-order valence-electron chi connectivity index (χ3n) is 5.29. The van der Waals surface area contributed by atoms with Crippen LogP contribution in [0, 0.1) is 11.8 Å². The number of ether oxygens (including phenoxy) is 2. The summed E-state index contributed by atoms with van der Waals surface area (Å²) in [6.07, 6.45) is 7.79. The number of nitrogens with one attached hydrogen (secondary N) is 2. The molecule has 3 rings (SSSR count). The Morgan fingerprint density at radius 1 is 1.04 bits per heavy atom. The number of hydrogen-bond donors (Lipinski definition) is 2. The minimum absolute atomic E-state index is 0.00607. The van der Waals surface area contributed by atoms with Crippen molar-refractivity contribution in [3.8, 4) is 11.5 Å². The largest absolute Gasteiger partial charge is 0.486 e. The van der Waals surface area contributed by atoms with Gasteiger partial charge < -0.3 is 9.47 Å². The smallest absolute Gasteiger partial charge is 0.269 e. The van der Waals surface area contributed by atoms with Gasteiger partial charge in [-0.15, -0.1) is 0 Å². The number of carbonyl (C=O) groups excluding carboxylic acids is 2. The standard InChI is InChI=1S/C20H28N2O4/c1-2-3-4-14-5-7-15(8-6-14)19(23)21-22-20(24)16-9-10-17-18(13-16)26-12-11-25-17/h9-10,13-15H,2-8,11-12H2,1H3,(H,21,23)(H,22,24). The third kappa shape index (κ3) is 4.68. The predicted molar refractivity (Wildman–Crippen MR) is 98.0 cm³/mol. The molecule has 2 aliphatic rings. The predicted octanol–water partition coefficient (Wildman–Crippen LogP) is 3.22. The van der Waals surface area contributed by atoms with Crippen LogP contribution in [0.4, 0.5) is 0 Å². The van der Waals surface area contributed by atoms with Gasteiger partial charge in [0.25, 0.3) is 5.91 Å². The highest BCUT2D eigenvalue weighted by atomic mass is 16.6. The Balaban J connectivity index is 1.45. The molecule has 1 saturated carbocycles. The van der Waals surface area contributed by atoms with E-state index in [1.54, 1.807) is 18.2 Å². The molecule has 1 aromatic carbocycles. The third-order valence-corrected chi connectivity index (χ3v) is 5.29. The summed E-state index contributed by atoms with van der Waals surface area (Å²) in [6.45, 7) is 3.19. The molecule has 2 N–H and O–H groups in total. The Morgan fingerprint density at radius 3 is 2.50 bits per heavy atom. The van der Waals surface area contributed by atoms with Crippen LogP contribution >= 0.6 is 0 Å². The first-order valence-corrected chi connectivity index (χ1v) is 9.67. The van der Waals surface area contributed by atoms with Crippen molar-refractivity contribution in [1.29, 1.82) is 0 Å². The lowest BCUT2D eigenvalue weighted by molar-refractivity contribution is -0.127. The highest BCUT2D eigenvalue weighted by Gasteiger charge is 2.26. The summed E-state index contributed by atoms with van der Waals surface area (Å²) >= 11 is 0. The molecule has 0 atom stereocenters. The van der Waals surface area contributed by atoms with Crippen LogP contribution in [0.3, 0.4) is 0 Å². The molecule has 0 aromatic heterocycles. The van der Waals surface area contributed by atoms with Crippen LogP contribution in [0.25, 0.3) is 0 Å². The van der Waals surface area contributed by atoms with E-state index in [9.17, 15) is 9.59 Å². The number of carbonyl (C=O) groups is 2. The molecule has 1 aromatic rings. The van der Waals surface area contributed by atoms with Crippen molar-refractivity contribution < 1.29 is 19.1 Å². The number of amides is 2. The van der Waals surface area contributed by atoms with Crippen LogP contribution in [0.1, 0.15) is 62.2 Å². The normalized spacial score (nSPS) is 21.7. The molecule has 0 saturated heterocycles. The minimum Gasteiger partial charge on any atom is -0.486 e. The first-order valence-electron chi connectivity index (χ1n) is 9.67. The molecule has 142 valence electrons. The van der Waals surface area contributed by atoms with Gasteiger partial charge in [0.05, 0.1) is 0 Å². The minimum atomic E-state index is -0.355. The fraction of sp³-hybridized carbons (Fsp3) is 0.600. The lowest BCUT2D eigenvalue weighted by Crippen LogP contribution is -2.45. The van der Waals surface area contributed by atoms with Gasteiger partial charge in [-0.25, -0.2) is 0 Å². The van der Waals surface area contributed by atoms with Gasteiger partial charge in [-0.1, -0.05) is 26.2 Å². The fourth-order valence-electron chi connectivity index (χ4n) is 3.68. The maximum atomic E-state index is 12.3. The monoisotopic (exact) mass is 360 g/mol. The van der Waals surface area contributed by atoms with Gasteiger partial charge in [0.2, 0.25) is 5.91 Å². The van der Waals surface area contributed by atoms with E-state index in [0.29, 0.717) is 30.3 Å². The SMILES string of the molecule is CCCCC1CCC(C(=O)NNC(=O)c2ccc3c(c2)OCCO3)CC1. The molecule has 6 nitrogen and oxygen atoms in total. The first-order chi connectivity index (χ1) is 12.7. The van der Waals surface area contributed by atoms with Crippen LogP contribution in [0.15, 0.2) is 18.2 Å². The van der Waals surface area contributed by atoms with Crippen LogP contribution in [0.2, 0.25) is 0 Å². The van der Waals surface area contributed by atoms with E-state index in [0.717, 1.165) is 31.6 Å². The van der Waals surface area contributed by atoms with Crippen molar-refractivity contribution >= 4 is 11.8 Å². The van der Waals surface area contributed by atoms with Crippen LogP contribution in [-0.4, -0.2) is 25.0 Å². The average Bonchev–Trinajstić information content (AvgIpc) is 2.70. The Hall–Kier alpha value is -2.24. The molecule has 6 heteroatoms. The lowest BCUT2D eigenvalue weighted by atomic mass is 9.79. The summed E-state index contributed by atoms with van der Waals surface area (Å²) in [4.78, 5) is 24.6. The van der Waals surface area contributed by atoms with Gasteiger partial charge >= 0.3 is 0 Å². The summed E-state index contributed by atoms with van der Waals surface area (Å²) in [7, 11) is 0. The van der Waals surface area contributed by atoms with E-state index in [1.807, 2.05) is 0 Å². The van der Waals surface area contributed by atoms with Crippen molar-refractivity contribution in [3.05, 3.63) is 23.8 Å². The Labute approximate surface area is 154 Å². The van der Waals surface area contributed by atoms with E-state index in [4.69, 9.17) is 9.47 Å². The maximum absolute atomic E-state index is 12.3. The topological polar surface area (TPSA) is 76.7 Å². The molecule has 1 fully saturated rings. The Bertz CT molecular complexity index is 639. The molecule has 0 radical (unpaired) electrons. The van der Waals surface area contributed by atoms with Crippen molar-refractivity contribution in [2.75, 3.05) is 13.2 Å². The number of hydrazine groups is 1. The number of unbranched alkanes of at least 4 members (excludes halogenated alkanes) is 1. The number of fused-ring (bicyclic) bond motifs is 1. The molecule has 2 amide bonds. The highest BCUT2D eigenvalue weighted by Crippen LogP contribution is 2.32. The van der Waals surface area contributed by atoms with Crippen LogP contribution in [-0.2, 0) is 4.79 Å². The van der Waals surface area contributed by atoms with Gasteiger partial charge in [0.15, 0.2) is 11.5 Å². The van der Waals surface area contributed by atoms with Crippen molar-refractivity contribution in [2.24, 2.45) is 11.8 Å². The number of benzene rings is 1. The van der Waals surface area contributed by atoms with Crippen LogP contribution in [0.5, 0.6) is 11.5 Å². The Kier molecular flexibility index (Phi) is 6.36. The van der Waals surface area contributed by atoms with E-state index in [-0.39, 0.29) is 17.7 Å². The van der Waals surface area contributed by atoms with Gasteiger partial charge in [0, 0.05) is 11.5 Å². The molecule has 1 heterocycles. The molecular formula is C20H28N2O4. The second-order valence-electron chi connectivity index (χ2n) is 7.16. The Morgan fingerprint density at radius 2 is 1.77 bits per heavy atom. The lowest BCUT2D eigenvalue weighted by Gasteiger charge is -2.27. The molecular weight excluding hydrogens is 332 g/mol. The van der Waals surface area contributed by atoms with Gasteiger partial charge in [-0.05, 0) is 49.8 Å². The maximum Gasteiger partial charge on any atom is 0.269 e. The van der Waals surface area contributed by atoms with E-state index >= 15 is 0 Å². The molecule has 1 aliphatic carbocycles. The summed E-state index contributed by atoms with van der Waals surface area (Å²) in [5.41, 5.74) is 5.52. The average molecular weight is 360 g/mol. The highest BCUT2D eigenvalue weighted by molar-refractivity contribution is 5.96. The van der Waals surface area contributed by atoms with E-state index in [2.05, 4.69) is 17.8 Å². The van der Waals surface area contributed by atoms with Gasteiger partial charge in [0.1, 0.15) is 13.2 Å². The molecule has 0 bridgehead atoms. The zero-order valence-corrected chi connectivity index (χ0v) is 15.4. The molecule has 1 aliphatic heterocycles. The van der Waals surface area contributed by atoms with Crippen LogP contribution < -0.4 is 20.3 Å². The molecule has 26 heavy (non-hydrogen) atoms. The summed E-state index contributed by atoms with van der Waals surface area (Å²) in [5.74, 6) is 1.49. The van der Waals surface area contributed by atoms with Crippen molar-refractivity contribution in [1.82, 2.24) is 10.9 Å². The summed E-state index contributed by atoms with van der Waals surface area (Å²) < 4.78 is 10.9.